The van der Waals surface area contributed by atoms with Gasteiger partial charge in [0.1, 0.15) is 0 Å². The van der Waals surface area contributed by atoms with Gasteiger partial charge in [0, 0.05) is 17.1 Å². The van der Waals surface area contributed by atoms with Gasteiger partial charge in [0.05, 0.1) is 0 Å². The van der Waals surface area contributed by atoms with E-state index in [1.54, 1.807) is 0 Å². The second kappa shape index (κ2) is 15.8. The number of aromatic amines is 1. The zero-order valence-electron chi connectivity index (χ0n) is 13.0. The predicted molar refractivity (Wildman–Crippen MR) is 82.0 cm³/mol. The Morgan fingerprint density at radius 3 is 2.21 bits per heavy atom. The van der Waals surface area contributed by atoms with Crippen LogP contribution in [-0.2, 0) is 6.42 Å². The number of H-pyrrole nitrogens is 1. The fraction of sp³-hybridized carbons (Fsp3) is 0.273. The maximum Gasteiger partial charge on any atom is 2.00 e. The van der Waals surface area contributed by atoms with Crippen LogP contribution in [0.1, 0.15) is 8.42 Å². The molecule has 1 heterocycles. The molecule has 0 fully saturated rings. The van der Waals surface area contributed by atoms with E-state index >= 15 is 0 Å². The van der Waals surface area contributed by atoms with Crippen LogP contribution in [0, 0.1) is 0 Å². The van der Waals surface area contributed by atoms with E-state index in [0.29, 0.717) is 0 Å². The first-order chi connectivity index (χ1) is 6.42. The zero-order valence-corrected chi connectivity index (χ0v) is 13.2. The summed E-state index contributed by atoms with van der Waals surface area (Å²) in [6.07, 6.45) is 3.18. The van der Waals surface area contributed by atoms with Crippen LogP contribution in [0.2, 0.25) is 0 Å². The third kappa shape index (κ3) is 7.83. The van der Waals surface area contributed by atoms with Gasteiger partial charge in [-0.15, -0.1) is 0 Å². The van der Waals surface area contributed by atoms with Crippen LogP contribution in [0.3, 0.4) is 0 Å². The molecule has 12 N–H and O–H groups in total. The summed E-state index contributed by atoms with van der Waals surface area (Å²) in [5, 5.41) is 4.50. The Hall–Kier alpha value is -0.220. The average molecular weight is 306 g/mol. The molecule has 1 aromatic heterocycles. The summed E-state index contributed by atoms with van der Waals surface area (Å²) >= 11 is 0. The van der Waals surface area contributed by atoms with Gasteiger partial charge in [-0.25, -0.2) is 0 Å². The standard InChI is InChI=1S/C11H14N2.Ca.5H2O.2H/c1-12-7-6-9-8-13-11-5-3-2-4-10(9)11;;;;;;;;/h2-5,8,12-13H,6-7H2,1H3;;5*1H2;;/q;+2;;;;;;2*-1. The topological polar surface area (TPSA) is 185 Å². The molecule has 0 saturated heterocycles. The van der Waals surface area contributed by atoms with E-state index in [1.165, 1.54) is 16.5 Å². The third-order valence-electron chi connectivity index (χ3n) is 2.32. The maximum absolute atomic E-state index is 3.27. The predicted octanol–water partition coefficient (Wildman–Crippen LogP) is -2.35. The minimum absolute atomic E-state index is 0. The molecule has 0 spiro atoms. The molecule has 0 saturated carbocycles. The first kappa shape index (κ1) is 31.3. The van der Waals surface area contributed by atoms with E-state index in [-0.39, 0.29) is 68.0 Å². The molecule has 0 unspecified atom stereocenters. The average Bonchev–Trinajstić information content (AvgIpc) is 2.58. The van der Waals surface area contributed by atoms with Gasteiger partial charge < -0.3 is 40.5 Å². The molecule has 0 radical (unpaired) electrons. The van der Waals surface area contributed by atoms with Crippen molar-refractivity contribution in [3.63, 3.8) is 0 Å². The van der Waals surface area contributed by atoms with Gasteiger partial charge in [0.2, 0.25) is 0 Å². The van der Waals surface area contributed by atoms with Gasteiger partial charge >= 0.3 is 37.7 Å². The minimum Gasteiger partial charge on any atom is -1.00 e. The summed E-state index contributed by atoms with van der Waals surface area (Å²) in [5.41, 5.74) is 2.62. The number of rotatable bonds is 3. The molecule has 0 bridgehead atoms. The molecule has 8 heteroatoms. The zero-order chi connectivity index (χ0) is 9.10. The molecular formula is C11H26CaN2O5. The summed E-state index contributed by atoms with van der Waals surface area (Å²) in [5.74, 6) is 0. The van der Waals surface area contributed by atoms with Crippen LogP contribution in [0.4, 0.5) is 0 Å². The van der Waals surface area contributed by atoms with Crippen molar-refractivity contribution in [1.82, 2.24) is 10.3 Å². The van der Waals surface area contributed by atoms with Crippen LogP contribution in [0.15, 0.2) is 30.5 Å². The van der Waals surface area contributed by atoms with Crippen molar-refractivity contribution in [2.75, 3.05) is 13.6 Å². The van der Waals surface area contributed by atoms with Gasteiger partial charge in [0.25, 0.3) is 0 Å². The fourth-order valence-corrected chi connectivity index (χ4v) is 1.60. The number of likely N-dealkylation sites (N-methyl/N-ethyl adjacent to an activating group) is 1. The van der Waals surface area contributed by atoms with Crippen LogP contribution in [0.25, 0.3) is 10.9 Å². The molecule has 0 amide bonds. The van der Waals surface area contributed by atoms with E-state index in [1.807, 2.05) is 7.05 Å². The number of para-hydroxylation sites is 1. The smallest absolute Gasteiger partial charge is 1.00 e. The molecule has 2 aromatic rings. The Balaban J connectivity index is -0.0000000490. The molecule has 7 nitrogen and oxygen atoms in total. The van der Waals surface area contributed by atoms with Crippen LogP contribution in [0.5, 0.6) is 0 Å². The van der Waals surface area contributed by atoms with E-state index < -0.39 is 0 Å². The number of hydrogen-bond acceptors (Lipinski definition) is 1. The number of hydrogen-bond donors (Lipinski definition) is 2. The summed E-state index contributed by atoms with van der Waals surface area (Å²) in [6, 6.07) is 8.41. The van der Waals surface area contributed by atoms with Crippen molar-refractivity contribution < 1.29 is 30.2 Å². The second-order valence-electron chi connectivity index (χ2n) is 3.21. The molecule has 0 atom stereocenters. The largest absolute Gasteiger partial charge is 2.00 e. The van der Waals surface area contributed by atoms with E-state index in [2.05, 4.69) is 40.8 Å². The third-order valence-corrected chi connectivity index (χ3v) is 2.32. The molecule has 112 valence electrons. The molecular weight excluding hydrogens is 280 g/mol. The molecule has 0 aliphatic rings. The molecule has 0 aliphatic heterocycles. The summed E-state index contributed by atoms with van der Waals surface area (Å²) in [6.45, 7) is 1.03. The number of aromatic nitrogens is 1. The van der Waals surface area contributed by atoms with Crippen molar-refractivity contribution in [1.29, 1.82) is 0 Å². The minimum atomic E-state index is 0. The first-order valence-corrected chi connectivity index (χ1v) is 4.61. The van der Waals surface area contributed by atoms with Gasteiger partial charge in [-0.3, -0.25) is 0 Å². The fourth-order valence-electron chi connectivity index (χ4n) is 1.60. The van der Waals surface area contributed by atoms with Crippen LogP contribution in [-0.4, -0.2) is 83.7 Å². The van der Waals surface area contributed by atoms with Gasteiger partial charge in [-0.1, -0.05) is 18.2 Å². The van der Waals surface area contributed by atoms with Crippen molar-refractivity contribution in [2.24, 2.45) is 0 Å². The number of nitrogens with one attached hydrogen (secondary N) is 2. The van der Waals surface area contributed by atoms with Gasteiger partial charge in [-0.05, 0) is 31.6 Å². The summed E-state index contributed by atoms with van der Waals surface area (Å²) in [4.78, 5) is 3.27. The maximum atomic E-state index is 3.27. The van der Waals surface area contributed by atoms with Crippen molar-refractivity contribution >= 4 is 48.6 Å². The van der Waals surface area contributed by atoms with Crippen molar-refractivity contribution in [2.45, 2.75) is 6.42 Å². The molecule has 19 heavy (non-hydrogen) atoms. The Kier molecular flexibility index (Phi) is 26.1. The Labute approximate surface area is 144 Å². The van der Waals surface area contributed by atoms with Gasteiger partial charge in [-0.2, -0.15) is 0 Å². The Morgan fingerprint density at radius 1 is 1.05 bits per heavy atom. The Bertz CT molecular complexity index is 420. The van der Waals surface area contributed by atoms with Crippen molar-refractivity contribution in [3.8, 4) is 0 Å². The van der Waals surface area contributed by atoms with Gasteiger partial charge in [0.15, 0.2) is 0 Å². The van der Waals surface area contributed by atoms with Crippen LogP contribution >= 0.6 is 0 Å². The van der Waals surface area contributed by atoms with Crippen LogP contribution < -0.4 is 5.32 Å². The molecule has 2 rings (SSSR count). The van der Waals surface area contributed by atoms with E-state index in [9.17, 15) is 0 Å². The van der Waals surface area contributed by atoms with E-state index in [0.717, 1.165) is 13.0 Å². The quantitative estimate of drug-likeness (QED) is 0.591. The first-order valence-electron chi connectivity index (χ1n) is 4.61. The van der Waals surface area contributed by atoms with Crippen molar-refractivity contribution in [3.05, 3.63) is 36.0 Å². The molecule has 1 aromatic carbocycles. The number of fused-ring (bicyclic) bond motifs is 1. The number of benzene rings is 1. The SMILES string of the molecule is CNCCc1c[nH]c2ccccc12.O.O.O.O.O.[Ca+2].[H-].[H-]. The summed E-state index contributed by atoms with van der Waals surface area (Å²) < 4.78 is 0. The summed E-state index contributed by atoms with van der Waals surface area (Å²) in [7, 11) is 1.98. The normalized spacial score (nSPS) is 7.42. The molecule has 0 aliphatic carbocycles. The second-order valence-corrected chi connectivity index (χ2v) is 3.21. The van der Waals surface area contributed by atoms with E-state index in [4.69, 9.17) is 0 Å². The Morgan fingerprint density at radius 2 is 1.63 bits per heavy atom. The monoisotopic (exact) mass is 306 g/mol.